The predicted octanol–water partition coefficient (Wildman–Crippen LogP) is 2.10. The number of fused-ring (bicyclic) bond motifs is 1. The Kier molecular flexibility index (Phi) is 5.39. The highest BCUT2D eigenvalue weighted by atomic mass is 16.5. The van der Waals surface area contributed by atoms with Crippen LogP contribution in [-0.4, -0.2) is 26.7 Å². The number of carbonyl (C=O) groups excluding carboxylic acids is 1. The molecule has 1 N–H and O–H groups in total. The van der Waals surface area contributed by atoms with Gasteiger partial charge in [0, 0.05) is 26.3 Å². The topological polar surface area (TPSA) is 87.3 Å². The molecule has 2 aromatic heterocycles. The minimum Gasteiger partial charge on any atom is -0.497 e. The molecule has 0 unspecified atom stereocenters. The van der Waals surface area contributed by atoms with E-state index in [1.54, 1.807) is 49.1 Å². The van der Waals surface area contributed by atoms with Crippen molar-refractivity contribution in [2.24, 2.45) is 14.1 Å². The molecule has 1 aromatic carbocycles. The van der Waals surface area contributed by atoms with Crippen molar-refractivity contribution < 1.29 is 9.53 Å². The van der Waals surface area contributed by atoms with E-state index in [4.69, 9.17) is 4.74 Å². The molecule has 1 amide bonds. The first kappa shape index (κ1) is 19.5. The molecule has 148 valence electrons. The first-order valence-electron chi connectivity index (χ1n) is 9.13. The molecule has 0 spiro atoms. The number of methoxy groups -OCH3 is 1. The van der Waals surface area contributed by atoms with Crippen molar-refractivity contribution >= 4 is 22.6 Å². The monoisotopic (exact) mass is 384 g/mol. The summed E-state index contributed by atoms with van der Waals surface area (Å²) in [6, 6.07) is 8.55. The second-order valence-corrected chi connectivity index (χ2v) is 6.66. The molecule has 0 aliphatic heterocycles. The minimum absolute atomic E-state index is 0.341. The molecule has 8 heteroatoms. The van der Waals surface area contributed by atoms with Crippen LogP contribution in [0, 0.1) is 0 Å². The molecule has 8 nitrogen and oxygen atoms in total. The molecule has 0 atom stereocenters. The highest BCUT2D eigenvalue weighted by Crippen LogP contribution is 2.20. The fourth-order valence-corrected chi connectivity index (χ4v) is 3.24. The molecular weight excluding hydrogens is 360 g/mol. The van der Waals surface area contributed by atoms with Gasteiger partial charge < -0.3 is 14.6 Å². The number of carbonyl (C=O) groups is 1. The summed E-state index contributed by atoms with van der Waals surface area (Å²) in [6.45, 7) is 2.58. The number of aromatic nitrogens is 3. The number of amides is 1. The highest BCUT2D eigenvalue weighted by molar-refractivity contribution is 6.06. The van der Waals surface area contributed by atoms with Gasteiger partial charge in [-0.1, -0.05) is 13.3 Å². The van der Waals surface area contributed by atoms with E-state index in [0.29, 0.717) is 34.7 Å². The number of nitrogens with one attached hydrogen (secondary N) is 1. The van der Waals surface area contributed by atoms with Gasteiger partial charge in [-0.3, -0.25) is 18.7 Å². The Balaban J connectivity index is 2.11. The van der Waals surface area contributed by atoms with Gasteiger partial charge in [0.2, 0.25) is 0 Å². The van der Waals surface area contributed by atoms with Crippen LogP contribution >= 0.6 is 0 Å². The van der Waals surface area contributed by atoms with E-state index >= 15 is 0 Å². The molecule has 0 fully saturated rings. The van der Waals surface area contributed by atoms with Crippen LogP contribution < -0.4 is 21.3 Å². The van der Waals surface area contributed by atoms with E-state index in [0.717, 1.165) is 17.4 Å². The maximum atomic E-state index is 13.0. The number of hydrogen-bond acceptors (Lipinski definition) is 4. The van der Waals surface area contributed by atoms with E-state index in [1.165, 1.54) is 11.6 Å². The standard InChI is InChI=1S/C20H24N4O4/c1-5-6-11-24-16(17(25)21-13-7-9-14(28-4)10-8-13)12-15-18(24)22(2)20(27)23(3)19(15)26/h7-10,12H,5-6,11H2,1-4H3,(H,21,25). The summed E-state index contributed by atoms with van der Waals surface area (Å²) in [5.41, 5.74) is 0.584. The van der Waals surface area contributed by atoms with Gasteiger partial charge in [0.1, 0.15) is 17.1 Å². The van der Waals surface area contributed by atoms with Crippen molar-refractivity contribution in [3.05, 3.63) is 56.9 Å². The molecule has 0 radical (unpaired) electrons. The van der Waals surface area contributed by atoms with E-state index in [9.17, 15) is 14.4 Å². The van der Waals surface area contributed by atoms with Gasteiger partial charge in [0.15, 0.2) is 0 Å². The van der Waals surface area contributed by atoms with Gasteiger partial charge in [-0.15, -0.1) is 0 Å². The van der Waals surface area contributed by atoms with Crippen molar-refractivity contribution in [3.63, 3.8) is 0 Å². The molecule has 2 heterocycles. The lowest BCUT2D eigenvalue weighted by Crippen LogP contribution is -2.37. The molecule has 3 aromatic rings. The fraction of sp³-hybridized carbons (Fsp3) is 0.350. The lowest BCUT2D eigenvalue weighted by Gasteiger charge is -2.13. The molecule has 28 heavy (non-hydrogen) atoms. The van der Waals surface area contributed by atoms with Crippen LogP contribution in [0.2, 0.25) is 0 Å². The first-order valence-corrected chi connectivity index (χ1v) is 9.13. The number of nitrogens with zero attached hydrogens (tertiary/aromatic N) is 3. The Morgan fingerprint density at radius 3 is 2.39 bits per heavy atom. The van der Waals surface area contributed by atoms with Crippen molar-refractivity contribution in [3.8, 4) is 5.75 Å². The Morgan fingerprint density at radius 2 is 1.79 bits per heavy atom. The third kappa shape index (κ3) is 3.33. The van der Waals surface area contributed by atoms with Gasteiger partial charge in [-0.2, -0.15) is 0 Å². The Bertz CT molecular complexity index is 1140. The third-order valence-electron chi connectivity index (χ3n) is 4.81. The van der Waals surface area contributed by atoms with Crippen LogP contribution in [-0.2, 0) is 20.6 Å². The van der Waals surface area contributed by atoms with Crippen LogP contribution in [0.5, 0.6) is 5.75 Å². The molecular formula is C20H24N4O4. The third-order valence-corrected chi connectivity index (χ3v) is 4.81. The molecule has 3 rings (SSSR count). The smallest absolute Gasteiger partial charge is 0.332 e. The number of ether oxygens (including phenoxy) is 1. The lowest BCUT2D eigenvalue weighted by molar-refractivity contribution is 0.101. The number of benzene rings is 1. The van der Waals surface area contributed by atoms with Gasteiger partial charge >= 0.3 is 5.69 Å². The SMILES string of the molecule is CCCCn1c(C(=O)Nc2ccc(OC)cc2)cc2c(=O)n(C)c(=O)n(C)c21. The normalized spacial score (nSPS) is 11.0. The van der Waals surface area contributed by atoms with E-state index in [-0.39, 0.29) is 5.91 Å². The zero-order valence-electron chi connectivity index (χ0n) is 16.5. The zero-order valence-corrected chi connectivity index (χ0v) is 16.5. The Labute approximate surface area is 162 Å². The second kappa shape index (κ2) is 7.75. The first-order chi connectivity index (χ1) is 13.4. The molecule has 0 aliphatic rings. The summed E-state index contributed by atoms with van der Waals surface area (Å²) in [7, 11) is 4.62. The highest BCUT2D eigenvalue weighted by Gasteiger charge is 2.21. The number of anilines is 1. The summed E-state index contributed by atoms with van der Waals surface area (Å²) < 4.78 is 9.34. The van der Waals surface area contributed by atoms with E-state index in [2.05, 4.69) is 5.32 Å². The average Bonchev–Trinajstić information content (AvgIpc) is 3.09. The van der Waals surface area contributed by atoms with Crippen molar-refractivity contribution in [2.45, 2.75) is 26.3 Å². The van der Waals surface area contributed by atoms with Crippen LogP contribution in [0.4, 0.5) is 5.69 Å². The fourth-order valence-electron chi connectivity index (χ4n) is 3.24. The quantitative estimate of drug-likeness (QED) is 0.705. The van der Waals surface area contributed by atoms with Crippen molar-refractivity contribution in [2.75, 3.05) is 12.4 Å². The molecule has 0 aliphatic carbocycles. The summed E-state index contributed by atoms with van der Waals surface area (Å²) >= 11 is 0. The lowest BCUT2D eigenvalue weighted by atomic mass is 10.2. The van der Waals surface area contributed by atoms with Crippen LogP contribution in [0.25, 0.3) is 11.0 Å². The van der Waals surface area contributed by atoms with Crippen LogP contribution in [0.15, 0.2) is 39.9 Å². The summed E-state index contributed by atoms with van der Waals surface area (Å²) in [5, 5.41) is 3.19. The number of hydrogen-bond donors (Lipinski definition) is 1. The number of rotatable bonds is 6. The predicted molar refractivity (Wildman–Crippen MR) is 108 cm³/mol. The van der Waals surface area contributed by atoms with Gasteiger partial charge in [-0.05, 0) is 36.8 Å². The summed E-state index contributed by atoms with van der Waals surface area (Å²) in [4.78, 5) is 37.9. The van der Waals surface area contributed by atoms with Gasteiger partial charge in [0.05, 0.1) is 12.5 Å². The van der Waals surface area contributed by atoms with Crippen molar-refractivity contribution in [1.29, 1.82) is 0 Å². The zero-order chi connectivity index (χ0) is 20.4. The van der Waals surface area contributed by atoms with E-state index < -0.39 is 11.2 Å². The van der Waals surface area contributed by atoms with Gasteiger partial charge in [0.25, 0.3) is 11.5 Å². The van der Waals surface area contributed by atoms with Gasteiger partial charge in [-0.25, -0.2) is 4.79 Å². The Morgan fingerprint density at radius 1 is 1.11 bits per heavy atom. The van der Waals surface area contributed by atoms with Crippen LogP contribution in [0.3, 0.4) is 0 Å². The summed E-state index contributed by atoms with van der Waals surface area (Å²) in [6.07, 6.45) is 1.73. The average molecular weight is 384 g/mol. The minimum atomic E-state index is -0.421. The largest absolute Gasteiger partial charge is 0.497 e. The maximum absolute atomic E-state index is 13.0. The number of unbranched alkanes of at least 4 members (excludes halogenated alkanes) is 1. The van der Waals surface area contributed by atoms with E-state index in [1.807, 2.05) is 6.92 Å². The van der Waals surface area contributed by atoms with Crippen LogP contribution in [0.1, 0.15) is 30.3 Å². The Hall–Kier alpha value is -3.29. The molecule has 0 bridgehead atoms. The molecule has 0 saturated carbocycles. The second-order valence-electron chi connectivity index (χ2n) is 6.66. The summed E-state index contributed by atoms with van der Waals surface area (Å²) in [5.74, 6) is 0.348. The number of aryl methyl sites for hydroxylation is 2. The molecule has 0 saturated heterocycles. The maximum Gasteiger partial charge on any atom is 0.332 e. The van der Waals surface area contributed by atoms with Crippen molar-refractivity contribution in [1.82, 2.24) is 13.7 Å².